The Balaban J connectivity index is 0.000000175. The molecule has 0 spiro atoms. The molecular weight excluding hydrogens is 276 g/mol. The van der Waals surface area contributed by atoms with Crippen molar-refractivity contribution in [3.8, 4) is 0 Å². The van der Waals surface area contributed by atoms with Gasteiger partial charge in [-0.2, -0.15) is 0 Å². The van der Waals surface area contributed by atoms with Crippen molar-refractivity contribution < 1.29 is 9.53 Å². The lowest BCUT2D eigenvalue weighted by atomic mass is 9.86. The van der Waals surface area contributed by atoms with Gasteiger partial charge in [0.1, 0.15) is 5.60 Å². The Morgan fingerprint density at radius 1 is 1.15 bits per heavy atom. The summed E-state index contributed by atoms with van der Waals surface area (Å²) in [6, 6.07) is 1.43. The number of carbonyl (C=O) groups excluding carboxylic acids is 1. The number of amides is 1. The Hall–Kier alpha value is -0.480. The number of hydrogen-bond acceptors (Lipinski definition) is 3. The van der Waals surface area contributed by atoms with Crippen molar-refractivity contribution in [2.45, 2.75) is 64.1 Å². The molecule has 0 aromatic heterocycles. The highest BCUT2D eigenvalue weighted by molar-refractivity contribution is 5.85. The zero-order chi connectivity index (χ0) is 13.6. The normalized spacial score (nSPS) is 36.0. The summed E-state index contributed by atoms with van der Waals surface area (Å²) in [5.74, 6) is 1.84. The summed E-state index contributed by atoms with van der Waals surface area (Å²) in [6.45, 7) is 7.95. The van der Waals surface area contributed by atoms with E-state index in [4.69, 9.17) is 4.74 Å². The molecule has 0 aromatic carbocycles. The molecule has 4 nitrogen and oxygen atoms in total. The summed E-state index contributed by atoms with van der Waals surface area (Å²) in [6.07, 6.45) is 5.20. The highest BCUT2D eigenvalue weighted by atomic mass is 35.5. The average molecular weight is 303 g/mol. The van der Waals surface area contributed by atoms with Crippen molar-refractivity contribution >= 4 is 18.5 Å². The van der Waals surface area contributed by atoms with E-state index in [2.05, 4.69) is 5.32 Å². The standard InChI is InChI=1S/C10H17NO2.C5H9N.ClH/c1-10(2,3)13-9(12)11-6-7-4-8(11)5-7;1-4-2-5(1)6-3-4;/h7-8H,4-6H2,1-3H3;4-6H,1-3H2;1H. The Morgan fingerprint density at radius 3 is 2.10 bits per heavy atom. The van der Waals surface area contributed by atoms with Crippen LogP contribution in [0.2, 0.25) is 0 Å². The van der Waals surface area contributed by atoms with Crippen molar-refractivity contribution in [2.24, 2.45) is 11.8 Å². The predicted molar refractivity (Wildman–Crippen MR) is 81.2 cm³/mol. The van der Waals surface area contributed by atoms with Gasteiger partial charge in [0.05, 0.1) is 0 Å². The fraction of sp³-hybridized carbons (Fsp3) is 0.933. The van der Waals surface area contributed by atoms with Crippen LogP contribution in [0.5, 0.6) is 0 Å². The van der Waals surface area contributed by atoms with Gasteiger partial charge in [-0.15, -0.1) is 12.4 Å². The summed E-state index contributed by atoms with van der Waals surface area (Å²) in [4.78, 5) is 13.5. The molecule has 0 radical (unpaired) electrons. The molecule has 1 N–H and O–H groups in total. The zero-order valence-electron chi connectivity index (χ0n) is 12.7. The van der Waals surface area contributed by atoms with Crippen molar-refractivity contribution in [2.75, 3.05) is 13.1 Å². The van der Waals surface area contributed by atoms with Crippen LogP contribution in [0.3, 0.4) is 0 Å². The van der Waals surface area contributed by atoms with E-state index in [1.54, 1.807) is 0 Å². The SMILES string of the molecule is C1NC2CC1C2.CC(C)(C)OC(=O)N1CC2CC1C2.Cl. The third-order valence-corrected chi connectivity index (χ3v) is 4.67. The molecule has 4 aliphatic heterocycles. The van der Waals surface area contributed by atoms with Crippen LogP contribution < -0.4 is 5.32 Å². The maximum atomic E-state index is 11.6. The predicted octanol–water partition coefficient (Wildman–Crippen LogP) is 2.81. The number of nitrogens with one attached hydrogen (secondary N) is 1. The van der Waals surface area contributed by atoms with Gasteiger partial charge in [-0.05, 0) is 64.8 Å². The second kappa shape index (κ2) is 5.72. The van der Waals surface area contributed by atoms with Gasteiger partial charge in [-0.25, -0.2) is 4.79 Å². The summed E-state index contributed by atoms with van der Waals surface area (Å²) in [5, 5.41) is 3.39. The number of halogens is 1. The second-order valence-corrected chi connectivity index (χ2v) is 7.57. The quantitative estimate of drug-likeness (QED) is 0.748. The van der Waals surface area contributed by atoms with Crippen LogP contribution in [-0.2, 0) is 4.74 Å². The minimum absolute atomic E-state index is 0. The molecule has 0 unspecified atom stereocenters. The number of nitrogens with zero attached hydrogens (tertiary/aromatic N) is 1. The smallest absolute Gasteiger partial charge is 0.410 e. The molecular formula is C15H27ClN2O2. The fourth-order valence-corrected chi connectivity index (χ4v) is 3.48. The zero-order valence-corrected chi connectivity index (χ0v) is 13.5. The van der Waals surface area contributed by atoms with Crippen LogP contribution in [0, 0.1) is 11.8 Å². The van der Waals surface area contributed by atoms with Crippen LogP contribution in [0.1, 0.15) is 46.5 Å². The molecule has 6 aliphatic rings. The van der Waals surface area contributed by atoms with Gasteiger partial charge in [0.25, 0.3) is 0 Å². The van der Waals surface area contributed by atoms with E-state index in [9.17, 15) is 4.79 Å². The number of rotatable bonds is 0. The lowest BCUT2D eigenvalue weighted by Gasteiger charge is -2.28. The number of hydrogen-bond donors (Lipinski definition) is 1. The monoisotopic (exact) mass is 302 g/mol. The second-order valence-electron chi connectivity index (χ2n) is 7.57. The van der Waals surface area contributed by atoms with Crippen LogP contribution in [-0.4, -0.2) is 41.8 Å². The number of ether oxygens (including phenoxy) is 1. The number of carbonyl (C=O) groups is 1. The average Bonchev–Trinajstić information content (AvgIpc) is 2.94. The lowest BCUT2D eigenvalue weighted by Crippen LogP contribution is -2.38. The molecule has 1 amide bonds. The fourth-order valence-electron chi connectivity index (χ4n) is 3.48. The molecule has 2 saturated carbocycles. The highest BCUT2D eigenvalue weighted by Crippen LogP contribution is 2.41. The summed E-state index contributed by atoms with van der Waals surface area (Å²) in [7, 11) is 0. The molecule has 20 heavy (non-hydrogen) atoms. The molecule has 2 aliphatic carbocycles. The Bertz CT molecular complexity index is 344. The maximum Gasteiger partial charge on any atom is 0.410 e. The molecule has 4 heterocycles. The molecule has 4 saturated heterocycles. The van der Waals surface area contributed by atoms with E-state index in [0.717, 1.165) is 24.4 Å². The van der Waals surface area contributed by atoms with Crippen molar-refractivity contribution in [1.29, 1.82) is 0 Å². The van der Waals surface area contributed by atoms with E-state index in [1.165, 1.54) is 32.2 Å². The summed E-state index contributed by atoms with van der Waals surface area (Å²) >= 11 is 0. The summed E-state index contributed by atoms with van der Waals surface area (Å²) < 4.78 is 5.31. The molecule has 4 bridgehead atoms. The molecule has 6 rings (SSSR count). The molecule has 0 aromatic rings. The van der Waals surface area contributed by atoms with Gasteiger partial charge in [-0.1, -0.05) is 0 Å². The minimum Gasteiger partial charge on any atom is -0.444 e. The molecule has 0 atom stereocenters. The first-order valence-electron chi connectivity index (χ1n) is 7.64. The highest BCUT2D eigenvalue weighted by Gasteiger charge is 2.46. The first-order chi connectivity index (χ1) is 8.90. The molecule has 6 fully saturated rings. The van der Waals surface area contributed by atoms with Crippen molar-refractivity contribution in [1.82, 2.24) is 10.2 Å². The third kappa shape index (κ3) is 3.40. The number of fused-ring (bicyclic) bond motifs is 2. The Kier molecular flexibility index (Phi) is 4.55. The van der Waals surface area contributed by atoms with E-state index in [1.807, 2.05) is 25.7 Å². The van der Waals surface area contributed by atoms with E-state index in [-0.39, 0.29) is 24.1 Å². The third-order valence-electron chi connectivity index (χ3n) is 4.67. The van der Waals surface area contributed by atoms with Gasteiger partial charge < -0.3 is 15.0 Å². The largest absolute Gasteiger partial charge is 0.444 e. The van der Waals surface area contributed by atoms with Crippen LogP contribution in [0.15, 0.2) is 0 Å². The van der Waals surface area contributed by atoms with Gasteiger partial charge in [0.2, 0.25) is 0 Å². The minimum atomic E-state index is -0.357. The van der Waals surface area contributed by atoms with Crippen LogP contribution >= 0.6 is 12.4 Å². The molecule has 5 heteroatoms. The van der Waals surface area contributed by atoms with E-state index < -0.39 is 0 Å². The van der Waals surface area contributed by atoms with Crippen molar-refractivity contribution in [3.05, 3.63) is 0 Å². The first kappa shape index (κ1) is 15.9. The van der Waals surface area contributed by atoms with E-state index in [0.29, 0.717) is 6.04 Å². The summed E-state index contributed by atoms with van der Waals surface area (Å²) in [5.41, 5.74) is -0.357. The van der Waals surface area contributed by atoms with Gasteiger partial charge >= 0.3 is 6.09 Å². The lowest BCUT2D eigenvalue weighted by molar-refractivity contribution is 0.0246. The van der Waals surface area contributed by atoms with Crippen molar-refractivity contribution in [3.63, 3.8) is 0 Å². The Labute approximate surface area is 128 Å². The van der Waals surface area contributed by atoms with E-state index >= 15 is 0 Å². The maximum absolute atomic E-state index is 11.6. The van der Waals surface area contributed by atoms with Crippen LogP contribution in [0.25, 0.3) is 0 Å². The molecule has 116 valence electrons. The Morgan fingerprint density at radius 2 is 1.80 bits per heavy atom. The van der Waals surface area contributed by atoms with Gasteiger partial charge in [0.15, 0.2) is 0 Å². The topological polar surface area (TPSA) is 41.6 Å². The first-order valence-corrected chi connectivity index (χ1v) is 7.64. The van der Waals surface area contributed by atoms with Gasteiger partial charge in [-0.3, -0.25) is 0 Å². The van der Waals surface area contributed by atoms with Gasteiger partial charge in [0, 0.05) is 18.6 Å². The van der Waals surface area contributed by atoms with Crippen LogP contribution in [0.4, 0.5) is 4.79 Å².